The Morgan fingerprint density at radius 2 is 2.06 bits per heavy atom. The van der Waals surface area contributed by atoms with Gasteiger partial charge in [-0.1, -0.05) is 44.2 Å². The second-order valence-corrected chi connectivity index (χ2v) is 4.14. The van der Waals surface area contributed by atoms with Crippen LogP contribution in [0.2, 0.25) is 0 Å². The quantitative estimate of drug-likeness (QED) is 0.598. The summed E-state index contributed by atoms with van der Waals surface area (Å²) in [5, 5.41) is 3.88. The Bertz CT molecular complexity index is 344. The lowest BCUT2D eigenvalue weighted by Gasteiger charge is -2.00. The third-order valence-electron chi connectivity index (χ3n) is 2.06. The number of carbonyl (C=O) groups is 1. The van der Waals surface area contributed by atoms with E-state index in [1.807, 2.05) is 30.3 Å². The summed E-state index contributed by atoms with van der Waals surface area (Å²) in [7, 11) is 0. The number of hydrogen-bond donors (Lipinski definition) is 1. The minimum atomic E-state index is -0.0776. The molecule has 0 aliphatic rings. The van der Waals surface area contributed by atoms with Gasteiger partial charge in [0.05, 0.1) is 6.42 Å². The highest BCUT2D eigenvalue weighted by atomic mass is 16.2. The van der Waals surface area contributed by atoms with Gasteiger partial charge in [-0.25, -0.2) is 5.43 Å². The fourth-order valence-corrected chi connectivity index (χ4v) is 1.20. The Labute approximate surface area is 96.6 Å². The first-order valence-electron chi connectivity index (χ1n) is 5.52. The molecule has 1 aromatic rings. The number of hydrogen-bond acceptors (Lipinski definition) is 2. The summed E-state index contributed by atoms with van der Waals surface area (Å²) in [6, 6.07) is 9.63. The predicted octanol–water partition coefficient (Wildman–Crippen LogP) is 2.38. The Hall–Kier alpha value is -1.64. The van der Waals surface area contributed by atoms with Gasteiger partial charge in [-0.3, -0.25) is 4.79 Å². The molecular formula is C13H18N2O. The van der Waals surface area contributed by atoms with E-state index in [-0.39, 0.29) is 5.91 Å². The molecule has 0 aliphatic heterocycles. The van der Waals surface area contributed by atoms with Gasteiger partial charge < -0.3 is 0 Å². The van der Waals surface area contributed by atoms with Crippen molar-refractivity contribution in [1.29, 1.82) is 0 Å². The third-order valence-corrected chi connectivity index (χ3v) is 2.06. The second kappa shape index (κ2) is 6.77. The third kappa shape index (κ3) is 5.29. The minimum Gasteiger partial charge on any atom is -0.273 e. The first-order chi connectivity index (χ1) is 7.68. The van der Waals surface area contributed by atoms with E-state index < -0.39 is 0 Å². The molecular weight excluding hydrogens is 200 g/mol. The molecule has 1 rings (SSSR count). The van der Waals surface area contributed by atoms with Crippen LogP contribution in [0.25, 0.3) is 0 Å². The molecule has 0 spiro atoms. The first kappa shape index (κ1) is 12.4. The van der Waals surface area contributed by atoms with Crippen molar-refractivity contribution in [2.45, 2.75) is 26.7 Å². The zero-order valence-corrected chi connectivity index (χ0v) is 9.81. The molecule has 0 unspecified atom stereocenters. The van der Waals surface area contributed by atoms with Crippen molar-refractivity contribution in [2.75, 3.05) is 0 Å². The standard InChI is InChI=1S/C13H18N2O/c1-11(2)8-9-14-15-13(16)10-12-6-4-3-5-7-12/h3-7,9,11H,8,10H2,1-2H3,(H,15,16)/b14-9+. The maximum absolute atomic E-state index is 11.4. The van der Waals surface area contributed by atoms with E-state index in [0.717, 1.165) is 12.0 Å². The summed E-state index contributed by atoms with van der Waals surface area (Å²) in [6.07, 6.45) is 3.00. The normalized spacial score (nSPS) is 10.9. The van der Waals surface area contributed by atoms with Crippen molar-refractivity contribution in [1.82, 2.24) is 5.43 Å². The average Bonchev–Trinajstić information content (AvgIpc) is 2.25. The van der Waals surface area contributed by atoms with Crippen molar-refractivity contribution < 1.29 is 4.79 Å². The van der Waals surface area contributed by atoms with Gasteiger partial charge in [-0.15, -0.1) is 0 Å². The van der Waals surface area contributed by atoms with Crippen molar-refractivity contribution in [3.8, 4) is 0 Å². The molecule has 0 saturated carbocycles. The molecule has 1 amide bonds. The van der Waals surface area contributed by atoms with Gasteiger partial charge in [0.1, 0.15) is 0 Å². The highest BCUT2D eigenvalue weighted by Gasteiger charge is 2.00. The lowest BCUT2D eigenvalue weighted by Crippen LogP contribution is -2.19. The number of nitrogens with zero attached hydrogens (tertiary/aromatic N) is 1. The molecule has 0 heterocycles. The van der Waals surface area contributed by atoms with Gasteiger partial charge in [0.15, 0.2) is 0 Å². The summed E-state index contributed by atoms with van der Waals surface area (Å²) >= 11 is 0. The van der Waals surface area contributed by atoms with Gasteiger partial charge in [0.2, 0.25) is 5.91 Å². The van der Waals surface area contributed by atoms with E-state index in [9.17, 15) is 4.79 Å². The smallest absolute Gasteiger partial charge is 0.244 e. The summed E-state index contributed by atoms with van der Waals surface area (Å²) in [6.45, 7) is 4.22. The molecule has 0 fully saturated rings. The number of benzene rings is 1. The Morgan fingerprint density at radius 3 is 2.69 bits per heavy atom. The van der Waals surface area contributed by atoms with E-state index in [2.05, 4.69) is 24.4 Å². The van der Waals surface area contributed by atoms with Gasteiger partial charge >= 0.3 is 0 Å². The molecule has 0 aliphatic carbocycles. The fourth-order valence-electron chi connectivity index (χ4n) is 1.20. The number of hydrazone groups is 1. The molecule has 16 heavy (non-hydrogen) atoms. The molecule has 0 radical (unpaired) electrons. The SMILES string of the molecule is CC(C)C/C=N/NC(=O)Cc1ccccc1. The van der Waals surface area contributed by atoms with Crippen molar-refractivity contribution in [3.05, 3.63) is 35.9 Å². The van der Waals surface area contributed by atoms with E-state index in [1.54, 1.807) is 6.21 Å². The van der Waals surface area contributed by atoms with Crippen LogP contribution in [0.1, 0.15) is 25.8 Å². The Kier molecular flexibility index (Phi) is 5.26. The first-order valence-corrected chi connectivity index (χ1v) is 5.52. The second-order valence-electron chi connectivity index (χ2n) is 4.14. The molecule has 1 aromatic carbocycles. The van der Waals surface area contributed by atoms with Crippen LogP contribution in [0.4, 0.5) is 0 Å². The maximum Gasteiger partial charge on any atom is 0.244 e. The number of nitrogens with one attached hydrogen (secondary N) is 1. The van der Waals surface area contributed by atoms with E-state index in [4.69, 9.17) is 0 Å². The highest BCUT2D eigenvalue weighted by Crippen LogP contribution is 1.99. The van der Waals surface area contributed by atoms with Crippen molar-refractivity contribution in [2.24, 2.45) is 11.0 Å². The van der Waals surface area contributed by atoms with E-state index >= 15 is 0 Å². The predicted molar refractivity (Wildman–Crippen MR) is 66.2 cm³/mol. The molecule has 0 saturated heterocycles. The van der Waals surface area contributed by atoms with E-state index in [0.29, 0.717) is 12.3 Å². The fraction of sp³-hybridized carbons (Fsp3) is 0.385. The molecule has 86 valence electrons. The van der Waals surface area contributed by atoms with Crippen LogP contribution in [-0.2, 0) is 11.2 Å². The molecule has 0 aromatic heterocycles. The van der Waals surface area contributed by atoms with Gasteiger partial charge in [0.25, 0.3) is 0 Å². The number of amides is 1. The van der Waals surface area contributed by atoms with Crippen LogP contribution >= 0.6 is 0 Å². The van der Waals surface area contributed by atoms with Crippen LogP contribution in [0.3, 0.4) is 0 Å². The van der Waals surface area contributed by atoms with Crippen LogP contribution in [0.15, 0.2) is 35.4 Å². The summed E-state index contributed by atoms with van der Waals surface area (Å²) in [5.41, 5.74) is 3.52. The van der Waals surface area contributed by atoms with Crippen LogP contribution < -0.4 is 5.43 Å². The van der Waals surface area contributed by atoms with Gasteiger partial charge in [-0.05, 0) is 17.9 Å². The minimum absolute atomic E-state index is 0.0776. The molecule has 1 N–H and O–H groups in total. The maximum atomic E-state index is 11.4. The Balaban J connectivity index is 2.29. The van der Waals surface area contributed by atoms with E-state index in [1.165, 1.54) is 0 Å². The zero-order chi connectivity index (χ0) is 11.8. The molecule has 3 nitrogen and oxygen atoms in total. The largest absolute Gasteiger partial charge is 0.273 e. The molecule has 0 bridgehead atoms. The summed E-state index contributed by atoms with van der Waals surface area (Å²) in [5.74, 6) is 0.487. The molecule has 3 heteroatoms. The Morgan fingerprint density at radius 1 is 1.38 bits per heavy atom. The van der Waals surface area contributed by atoms with Crippen molar-refractivity contribution >= 4 is 12.1 Å². The van der Waals surface area contributed by atoms with Gasteiger partial charge in [0, 0.05) is 6.21 Å². The van der Waals surface area contributed by atoms with Crippen molar-refractivity contribution in [3.63, 3.8) is 0 Å². The lowest BCUT2D eigenvalue weighted by atomic mass is 10.1. The number of rotatable bonds is 5. The van der Waals surface area contributed by atoms with Crippen LogP contribution in [0.5, 0.6) is 0 Å². The summed E-state index contributed by atoms with van der Waals surface area (Å²) in [4.78, 5) is 11.4. The highest BCUT2D eigenvalue weighted by molar-refractivity contribution is 5.79. The zero-order valence-electron chi connectivity index (χ0n) is 9.81. The lowest BCUT2D eigenvalue weighted by molar-refractivity contribution is -0.120. The monoisotopic (exact) mass is 218 g/mol. The van der Waals surface area contributed by atoms with Crippen LogP contribution in [0, 0.1) is 5.92 Å². The summed E-state index contributed by atoms with van der Waals surface area (Å²) < 4.78 is 0. The van der Waals surface area contributed by atoms with Crippen LogP contribution in [-0.4, -0.2) is 12.1 Å². The number of carbonyl (C=O) groups excluding carboxylic acids is 1. The molecule has 0 atom stereocenters. The average molecular weight is 218 g/mol. The van der Waals surface area contributed by atoms with Gasteiger partial charge in [-0.2, -0.15) is 5.10 Å². The topological polar surface area (TPSA) is 41.5 Å².